The van der Waals surface area contributed by atoms with Crippen LogP contribution in [0, 0.1) is 5.82 Å². The monoisotopic (exact) mass is 442 g/mol. The molecule has 4 nitrogen and oxygen atoms in total. The van der Waals surface area contributed by atoms with E-state index in [0.717, 1.165) is 0 Å². The molecular formula is C23H13Cl2FO4. The Labute approximate surface area is 180 Å². The maximum atomic E-state index is 13.1. The molecule has 0 saturated carbocycles. The molecule has 0 radical (unpaired) electrons. The molecule has 3 aromatic carbocycles. The Balaban J connectivity index is 1.80. The number of hydrogen-bond donors (Lipinski definition) is 0. The van der Waals surface area contributed by atoms with E-state index in [2.05, 4.69) is 0 Å². The van der Waals surface area contributed by atoms with Crippen LogP contribution < -0.4 is 10.2 Å². The second kappa shape index (κ2) is 8.30. The van der Waals surface area contributed by atoms with Gasteiger partial charge >= 0.3 is 0 Å². The number of ether oxygens (including phenoxy) is 1. The number of ketones is 1. The summed E-state index contributed by atoms with van der Waals surface area (Å²) in [7, 11) is 0. The van der Waals surface area contributed by atoms with Crippen molar-refractivity contribution in [3.63, 3.8) is 0 Å². The minimum atomic E-state index is -0.486. The zero-order chi connectivity index (χ0) is 21.3. The summed E-state index contributed by atoms with van der Waals surface area (Å²) in [5.41, 5.74) is 0.512. The number of hydrogen-bond acceptors (Lipinski definition) is 4. The first-order valence-corrected chi connectivity index (χ1v) is 9.62. The van der Waals surface area contributed by atoms with Crippen LogP contribution in [-0.2, 0) is 0 Å². The summed E-state index contributed by atoms with van der Waals surface area (Å²) in [5, 5.41) is 0.917. The van der Waals surface area contributed by atoms with E-state index in [-0.39, 0.29) is 22.5 Å². The Kier molecular flexibility index (Phi) is 5.57. The van der Waals surface area contributed by atoms with Crippen LogP contribution in [0.15, 0.2) is 75.9 Å². The summed E-state index contributed by atoms with van der Waals surface area (Å²) < 4.78 is 24.6. The van der Waals surface area contributed by atoms with Gasteiger partial charge in [-0.1, -0.05) is 35.3 Å². The molecule has 0 N–H and O–H groups in total. The van der Waals surface area contributed by atoms with E-state index < -0.39 is 23.6 Å². The van der Waals surface area contributed by atoms with Crippen molar-refractivity contribution in [3.8, 4) is 17.1 Å². The molecule has 0 spiro atoms. The predicted octanol–water partition coefficient (Wildman–Crippen LogP) is 6.17. The van der Waals surface area contributed by atoms with Gasteiger partial charge in [0.2, 0.25) is 11.2 Å². The summed E-state index contributed by atoms with van der Waals surface area (Å²) in [6, 6.07) is 16.5. The topological polar surface area (TPSA) is 56.5 Å². The molecule has 4 rings (SSSR count). The molecule has 4 aromatic rings. The summed E-state index contributed by atoms with van der Waals surface area (Å²) in [6.45, 7) is -0.445. The second-order valence-electron chi connectivity index (χ2n) is 6.43. The van der Waals surface area contributed by atoms with Crippen LogP contribution in [0.4, 0.5) is 4.39 Å². The van der Waals surface area contributed by atoms with Gasteiger partial charge in [0.05, 0.1) is 10.4 Å². The molecule has 0 aliphatic carbocycles. The third-order valence-corrected chi connectivity index (χ3v) is 5.01. The fourth-order valence-corrected chi connectivity index (χ4v) is 3.35. The van der Waals surface area contributed by atoms with Crippen LogP contribution >= 0.6 is 23.2 Å². The third-order valence-electron chi connectivity index (χ3n) is 4.44. The lowest BCUT2D eigenvalue weighted by Crippen LogP contribution is -2.17. The lowest BCUT2D eigenvalue weighted by molar-refractivity contribution is 0.0920. The standard InChI is InChI=1S/C23H13Cl2FO4/c24-14-7-10-20-17(11-14)21(28)23(22(30-20)16-3-1-2-4-18(16)25)29-12-19(27)13-5-8-15(26)9-6-13/h1-11H,12H2. The molecule has 1 heterocycles. The van der Waals surface area contributed by atoms with Crippen molar-refractivity contribution in [2.75, 3.05) is 6.61 Å². The Morgan fingerprint density at radius 1 is 1.00 bits per heavy atom. The van der Waals surface area contributed by atoms with Gasteiger partial charge in [-0.3, -0.25) is 9.59 Å². The van der Waals surface area contributed by atoms with Gasteiger partial charge in [0.25, 0.3) is 0 Å². The third kappa shape index (κ3) is 3.95. The predicted molar refractivity (Wildman–Crippen MR) is 114 cm³/mol. The van der Waals surface area contributed by atoms with Crippen molar-refractivity contribution in [3.05, 3.63) is 98.4 Å². The highest BCUT2D eigenvalue weighted by atomic mass is 35.5. The quantitative estimate of drug-likeness (QED) is 0.347. The van der Waals surface area contributed by atoms with E-state index in [9.17, 15) is 14.0 Å². The molecule has 0 atom stereocenters. The summed E-state index contributed by atoms with van der Waals surface area (Å²) in [6.07, 6.45) is 0. The van der Waals surface area contributed by atoms with E-state index in [4.69, 9.17) is 32.4 Å². The molecule has 1 aromatic heterocycles. The van der Waals surface area contributed by atoms with E-state index in [1.807, 2.05) is 0 Å². The largest absolute Gasteiger partial charge is 0.478 e. The molecule has 0 bridgehead atoms. The Hall–Kier alpha value is -3.15. The van der Waals surface area contributed by atoms with Gasteiger partial charge in [0.15, 0.2) is 18.2 Å². The summed E-state index contributed by atoms with van der Waals surface area (Å²) in [5.74, 6) is -0.938. The van der Waals surface area contributed by atoms with Gasteiger partial charge in [0, 0.05) is 16.1 Å². The Bertz CT molecular complexity index is 1310. The number of halogens is 3. The van der Waals surface area contributed by atoms with Crippen LogP contribution in [0.1, 0.15) is 10.4 Å². The molecule has 30 heavy (non-hydrogen) atoms. The molecular weight excluding hydrogens is 430 g/mol. The van der Waals surface area contributed by atoms with Gasteiger partial charge in [-0.05, 0) is 54.6 Å². The molecule has 0 aliphatic heterocycles. The smallest absolute Gasteiger partial charge is 0.235 e. The first kappa shape index (κ1) is 20.1. The van der Waals surface area contributed by atoms with Crippen LogP contribution in [-0.4, -0.2) is 12.4 Å². The molecule has 0 aliphatic rings. The minimum absolute atomic E-state index is 0.104. The second-order valence-corrected chi connectivity index (χ2v) is 7.27. The molecule has 0 fully saturated rings. The van der Waals surface area contributed by atoms with Crippen molar-refractivity contribution in [2.45, 2.75) is 0 Å². The van der Waals surface area contributed by atoms with E-state index in [1.54, 1.807) is 36.4 Å². The number of carbonyl (C=O) groups excluding carboxylic acids is 1. The number of benzene rings is 3. The van der Waals surface area contributed by atoms with Crippen molar-refractivity contribution < 1.29 is 18.3 Å². The summed E-state index contributed by atoms with van der Waals surface area (Å²) >= 11 is 12.3. The van der Waals surface area contributed by atoms with Crippen LogP contribution in [0.3, 0.4) is 0 Å². The fourth-order valence-electron chi connectivity index (χ4n) is 2.96. The average molecular weight is 443 g/mol. The zero-order valence-corrected chi connectivity index (χ0v) is 16.8. The number of Topliss-reactive ketones (excluding diaryl/α,β-unsaturated/α-hetero) is 1. The zero-order valence-electron chi connectivity index (χ0n) is 15.3. The first-order valence-electron chi connectivity index (χ1n) is 8.87. The normalized spacial score (nSPS) is 10.9. The van der Waals surface area contributed by atoms with Crippen LogP contribution in [0.2, 0.25) is 10.0 Å². The van der Waals surface area contributed by atoms with Crippen LogP contribution in [0.25, 0.3) is 22.3 Å². The van der Waals surface area contributed by atoms with E-state index in [0.29, 0.717) is 21.2 Å². The highest BCUT2D eigenvalue weighted by molar-refractivity contribution is 6.33. The summed E-state index contributed by atoms with van der Waals surface area (Å²) in [4.78, 5) is 25.6. The van der Waals surface area contributed by atoms with Crippen molar-refractivity contribution >= 4 is 40.0 Å². The fraction of sp³-hybridized carbons (Fsp3) is 0.0435. The molecule has 0 saturated heterocycles. The average Bonchev–Trinajstić information content (AvgIpc) is 2.74. The first-order chi connectivity index (χ1) is 14.4. The van der Waals surface area contributed by atoms with Gasteiger partial charge in [-0.15, -0.1) is 0 Å². The van der Waals surface area contributed by atoms with Gasteiger partial charge < -0.3 is 9.15 Å². The van der Waals surface area contributed by atoms with Gasteiger partial charge in [-0.25, -0.2) is 4.39 Å². The SMILES string of the molecule is O=C(COc1c(-c2ccccc2Cl)oc2ccc(Cl)cc2c1=O)c1ccc(F)cc1. The minimum Gasteiger partial charge on any atom is -0.478 e. The Morgan fingerprint density at radius 3 is 2.47 bits per heavy atom. The van der Waals surface area contributed by atoms with Gasteiger partial charge in [-0.2, -0.15) is 0 Å². The number of fused-ring (bicyclic) bond motifs is 1. The van der Waals surface area contributed by atoms with E-state index in [1.165, 1.54) is 30.3 Å². The molecule has 7 heteroatoms. The lowest BCUT2D eigenvalue weighted by atomic mass is 10.1. The number of carbonyl (C=O) groups is 1. The van der Waals surface area contributed by atoms with Crippen molar-refractivity contribution in [1.29, 1.82) is 0 Å². The van der Waals surface area contributed by atoms with Gasteiger partial charge in [0.1, 0.15) is 11.4 Å². The van der Waals surface area contributed by atoms with Crippen LogP contribution in [0.5, 0.6) is 5.75 Å². The maximum Gasteiger partial charge on any atom is 0.235 e. The highest BCUT2D eigenvalue weighted by Crippen LogP contribution is 2.35. The molecule has 150 valence electrons. The Morgan fingerprint density at radius 2 is 1.73 bits per heavy atom. The maximum absolute atomic E-state index is 13.1. The number of rotatable bonds is 5. The lowest BCUT2D eigenvalue weighted by Gasteiger charge is -2.12. The van der Waals surface area contributed by atoms with Crippen molar-refractivity contribution in [2.24, 2.45) is 0 Å². The molecule has 0 amide bonds. The van der Waals surface area contributed by atoms with Crippen molar-refractivity contribution in [1.82, 2.24) is 0 Å². The molecule has 0 unspecified atom stereocenters. The van der Waals surface area contributed by atoms with E-state index >= 15 is 0 Å². The highest BCUT2D eigenvalue weighted by Gasteiger charge is 2.21.